The highest BCUT2D eigenvalue weighted by Crippen LogP contribution is 2.42. The molecule has 2 aromatic heterocycles. The van der Waals surface area contributed by atoms with Crippen LogP contribution in [0, 0.1) is 13.8 Å². The highest BCUT2D eigenvalue weighted by molar-refractivity contribution is 7.07. The molecule has 2 bridgehead atoms. The molecule has 0 saturated carbocycles. The Balaban J connectivity index is 1.78. The average Bonchev–Trinajstić information content (AvgIpc) is 3.04. The van der Waals surface area contributed by atoms with Crippen molar-refractivity contribution in [1.29, 1.82) is 0 Å². The molecule has 7 heteroatoms. The molecule has 2 unspecified atom stereocenters. The monoisotopic (exact) mass is 380 g/mol. The fourth-order valence-electron chi connectivity index (χ4n) is 4.07. The number of rotatable bonds is 1. The summed E-state index contributed by atoms with van der Waals surface area (Å²) in [6.45, 7) is 5.97. The number of ether oxygens (including phenoxy) is 1. The number of aromatic nitrogens is 3. The summed E-state index contributed by atoms with van der Waals surface area (Å²) in [5.41, 5.74) is 3.38. The van der Waals surface area contributed by atoms with Crippen LogP contribution in [0.25, 0.3) is 6.08 Å². The molecule has 6 nitrogen and oxygen atoms in total. The van der Waals surface area contributed by atoms with E-state index < -0.39 is 5.72 Å². The molecule has 3 aromatic rings. The van der Waals surface area contributed by atoms with Crippen LogP contribution in [0.2, 0.25) is 0 Å². The molecular formula is C20H20N4O2S. The topological polar surface area (TPSA) is 61.4 Å². The van der Waals surface area contributed by atoms with Crippen LogP contribution in [0.5, 0.6) is 5.75 Å². The van der Waals surface area contributed by atoms with Crippen molar-refractivity contribution in [3.8, 4) is 5.75 Å². The van der Waals surface area contributed by atoms with Crippen molar-refractivity contribution in [2.75, 3.05) is 0 Å². The number of nitrogens with zero attached hydrogens (tertiary/aromatic N) is 4. The van der Waals surface area contributed by atoms with Gasteiger partial charge < -0.3 is 4.74 Å². The van der Waals surface area contributed by atoms with Crippen molar-refractivity contribution >= 4 is 17.4 Å². The molecule has 0 saturated heterocycles. The number of hydrogen-bond acceptors (Lipinski definition) is 5. The summed E-state index contributed by atoms with van der Waals surface area (Å²) in [7, 11) is 1.92. The van der Waals surface area contributed by atoms with Crippen molar-refractivity contribution in [3.63, 3.8) is 0 Å². The zero-order valence-electron chi connectivity index (χ0n) is 15.7. The van der Waals surface area contributed by atoms with E-state index in [1.807, 2.05) is 67.4 Å². The summed E-state index contributed by atoms with van der Waals surface area (Å²) in [5, 5.41) is 4.45. The lowest BCUT2D eigenvalue weighted by Gasteiger charge is -2.39. The van der Waals surface area contributed by atoms with Gasteiger partial charge >= 0.3 is 0 Å². The van der Waals surface area contributed by atoms with Gasteiger partial charge in [-0.15, -0.1) is 0 Å². The standard InChI is InChI=1S/C20H20N4O2S/c1-11-14(12(2)23(4)22-11)9-17-18(25)24-15-10-20(3,21-19(24)27-17)26-16-8-6-5-7-13(15)16/h5-9,15H,10H2,1-4H3. The van der Waals surface area contributed by atoms with Gasteiger partial charge in [-0.2, -0.15) is 5.10 Å². The van der Waals surface area contributed by atoms with E-state index in [4.69, 9.17) is 9.73 Å². The molecule has 138 valence electrons. The number of benzene rings is 1. The molecule has 0 N–H and O–H groups in total. The largest absolute Gasteiger partial charge is 0.466 e. The minimum atomic E-state index is -0.631. The number of para-hydroxylation sites is 1. The Morgan fingerprint density at radius 3 is 2.85 bits per heavy atom. The van der Waals surface area contributed by atoms with E-state index in [1.165, 1.54) is 11.3 Å². The lowest BCUT2D eigenvalue weighted by molar-refractivity contribution is 0.0410. The van der Waals surface area contributed by atoms with Crippen molar-refractivity contribution in [2.24, 2.45) is 12.0 Å². The lowest BCUT2D eigenvalue weighted by Crippen LogP contribution is -2.49. The van der Waals surface area contributed by atoms with E-state index in [9.17, 15) is 4.79 Å². The Morgan fingerprint density at radius 1 is 1.33 bits per heavy atom. The third-order valence-electron chi connectivity index (χ3n) is 5.50. The second-order valence-corrected chi connectivity index (χ2v) is 8.43. The van der Waals surface area contributed by atoms with Gasteiger partial charge in [-0.25, -0.2) is 4.99 Å². The molecule has 5 rings (SSSR count). The van der Waals surface area contributed by atoms with E-state index in [0.717, 1.165) is 33.1 Å². The smallest absolute Gasteiger partial charge is 0.270 e. The van der Waals surface area contributed by atoms with Gasteiger partial charge in [0, 0.05) is 30.3 Å². The number of aryl methyl sites for hydroxylation is 2. The molecule has 0 aliphatic carbocycles. The third kappa shape index (κ3) is 2.34. The van der Waals surface area contributed by atoms with Gasteiger partial charge in [-0.3, -0.25) is 14.0 Å². The Hall–Kier alpha value is -2.67. The molecule has 2 aliphatic rings. The summed E-state index contributed by atoms with van der Waals surface area (Å²) >= 11 is 1.42. The first-order valence-electron chi connectivity index (χ1n) is 8.97. The molecule has 0 amide bonds. The van der Waals surface area contributed by atoms with Crippen LogP contribution in [0.4, 0.5) is 0 Å². The lowest BCUT2D eigenvalue weighted by atomic mass is 9.93. The molecule has 1 aromatic carbocycles. The van der Waals surface area contributed by atoms with Gasteiger partial charge in [-0.05, 0) is 32.9 Å². The molecule has 4 heterocycles. The molecule has 0 fully saturated rings. The second-order valence-electron chi connectivity index (χ2n) is 7.42. The highest BCUT2D eigenvalue weighted by Gasteiger charge is 2.42. The van der Waals surface area contributed by atoms with Crippen molar-refractivity contribution in [2.45, 2.75) is 39.0 Å². The van der Waals surface area contributed by atoms with Gasteiger partial charge in [0.1, 0.15) is 5.75 Å². The van der Waals surface area contributed by atoms with Crippen LogP contribution in [0.3, 0.4) is 0 Å². The predicted octanol–water partition coefficient (Wildman–Crippen LogP) is 1.81. The number of thiazole rings is 1. The first-order chi connectivity index (χ1) is 12.9. The molecular weight excluding hydrogens is 360 g/mol. The predicted molar refractivity (Wildman–Crippen MR) is 104 cm³/mol. The number of hydrogen-bond donors (Lipinski definition) is 0. The van der Waals surface area contributed by atoms with Crippen LogP contribution < -0.4 is 19.6 Å². The van der Waals surface area contributed by atoms with Crippen molar-refractivity contribution in [3.05, 3.63) is 66.5 Å². The average molecular weight is 380 g/mol. The molecule has 2 aliphatic heterocycles. The Kier molecular flexibility index (Phi) is 3.31. The van der Waals surface area contributed by atoms with Gasteiger partial charge in [0.15, 0.2) is 4.80 Å². The molecule has 0 spiro atoms. The van der Waals surface area contributed by atoms with Crippen molar-refractivity contribution in [1.82, 2.24) is 14.3 Å². The van der Waals surface area contributed by atoms with Gasteiger partial charge in [-0.1, -0.05) is 29.5 Å². The fourth-order valence-corrected chi connectivity index (χ4v) is 5.17. The van der Waals surface area contributed by atoms with Crippen LogP contribution in [0.15, 0.2) is 34.1 Å². The van der Waals surface area contributed by atoms with E-state index in [-0.39, 0.29) is 11.6 Å². The third-order valence-corrected chi connectivity index (χ3v) is 6.48. The Bertz CT molecular complexity index is 1270. The minimum Gasteiger partial charge on any atom is -0.466 e. The maximum atomic E-state index is 13.3. The zero-order valence-corrected chi connectivity index (χ0v) is 16.5. The minimum absolute atomic E-state index is 0.00477. The van der Waals surface area contributed by atoms with Crippen LogP contribution in [0.1, 0.15) is 41.9 Å². The van der Waals surface area contributed by atoms with E-state index in [0.29, 0.717) is 11.0 Å². The van der Waals surface area contributed by atoms with Crippen LogP contribution >= 0.6 is 11.3 Å². The summed E-state index contributed by atoms with van der Waals surface area (Å²) < 4.78 is 10.5. The maximum Gasteiger partial charge on any atom is 0.270 e. The van der Waals surface area contributed by atoms with Gasteiger partial charge in [0.2, 0.25) is 5.72 Å². The molecule has 0 radical (unpaired) electrons. The first kappa shape index (κ1) is 16.5. The zero-order chi connectivity index (χ0) is 18.9. The van der Waals surface area contributed by atoms with E-state index in [2.05, 4.69) is 5.10 Å². The van der Waals surface area contributed by atoms with Crippen molar-refractivity contribution < 1.29 is 4.74 Å². The summed E-state index contributed by atoms with van der Waals surface area (Å²) in [6, 6.07) is 7.89. The normalized spacial score (nSPS) is 23.4. The van der Waals surface area contributed by atoms with E-state index >= 15 is 0 Å². The molecule has 27 heavy (non-hydrogen) atoms. The maximum absolute atomic E-state index is 13.3. The first-order valence-corrected chi connectivity index (χ1v) is 9.79. The fraction of sp³-hybridized carbons (Fsp3) is 0.350. The van der Waals surface area contributed by atoms with Gasteiger partial charge in [0.25, 0.3) is 5.56 Å². The summed E-state index contributed by atoms with van der Waals surface area (Å²) in [6.07, 6.45) is 2.61. The van der Waals surface area contributed by atoms with E-state index in [1.54, 1.807) is 0 Å². The van der Waals surface area contributed by atoms with Crippen LogP contribution in [-0.2, 0) is 7.05 Å². The molecule has 2 atom stereocenters. The number of fused-ring (bicyclic) bond motifs is 6. The SMILES string of the molecule is Cc1nn(C)c(C)c1C=c1sc2n(c1=O)C1CC(C)(N=2)Oc2ccccc21. The Morgan fingerprint density at radius 2 is 2.11 bits per heavy atom. The summed E-state index contributed by atoms with van der Waals surface area (Å²) in [4.78, 5) is 18.8. The Labute approximate surface area is 160 Å². The van der Waals surface area contributed by atoms with Gasteiger partial charge in [0.05, 0.1) is 16.3 Å². The quantitative estimate of drug-likeness (QED) is 0.647. The van der Waals surface area contributed by atoms with Crippen LogP contribution in [-0.4, -0.2) is 20.1 Å². The second kappa shape index (κ2) is 5.42. The summed E-state index contributed by atoms with van der Waals surface area (Å²) in [5.74, 6) is 0.813. The highest BCUT2D eigenvalue weighted by atomic mass is 32.1.